The van der Waals surface area contributed by atoms with Gasteiger partial charge in [-0.25, -0.2) is 4.98 Å². The molecule has 0 unspecified atom stereocenters. The number of amides is 1. The van der Waals surface area contributed by atoms with Crippen molar-refractivity contribution in [1.82, 2.24) is 15.2 Å². The fourth-order valence-corrected chi connectivity index (χ4v) is 3.03. The number of para-hydroxylation sites is 1. The molecule has 1 aliphatic heterocycles. The first-order valence-electron chi connectivity index (χ1n) is 7.77. The Kier molecular flexibility index (Phi) is 4.90. The summed E-state index contributed by atoms with van der Waals surface area (Å²) < 4.78 is 0. The van der Waals surface area contributed by atoms with E-state index in [0.29, 0.717) is 24.0 Å². The molecule has 116 valence electrons. The average Bonchev–Trinajstić information content (AvgIpc) is 2.92. The second-order valence-electron chi connectivity index (χ2n) is 5.65. The van der Waals surface area contributed by atoms with E-state index in [1.54, 1.807) is 0 Å². The Labute approximate surface area is 135 Å². The van der Waals surface area contributed by atoms with Crippen LogP contribution in [0.5, 0.6) is 0 Å². The van der Waals surface area contributed by atoms with Crippen molar-refractivity contribution < 1.29 is 4.79 Å². The summed E-state index contributed by atoms with van der Waals surface area (Å²) in [5.74, 6) is 0.293. The van der Waals surface area contributed by atoms with E-state index in [0.717, 1.165) is 48.9 Å². The van der Waals surface area contributed by atoms with Gasteiger partial charge in [0, 0.05) is 37.0 Å². The van der Waals surface area contributed by atoms with Crippen LogP contribution >= 0.6 is 11.6 Å². The van der Waals surface area contributed by atoms with Gasteiger partial charge in [0.25, 0.3) is 0 Å². The highest BCUT2D eigenvalue weighted by Gasteiger charge is 2.18. The van der Waals surface area contributed by atoms with Crippen LogP contribution in [0.3, 0.4) is 0 Å². The summed E-state index contributed by atoms with van der Waals surface area (Å²) in [5.41, 5.74) is 1.93. The summed E-state index contributed by atoms with van der Waals surface area (Å²) >= 11 is 6.23. The number of likely N-dealkylation sites (tertiary alicyclic amines) is 1. The fraction of sp³-hybridized carbons (Fsp3) is 0.412. The molecular formula is C17H20ClN3O. The van der Waals surface area contributed by atoms with Crippen LogP contribution in [-0.2, 0) is 11.3 Å². The first-order chi connectivity index (χ1) is 10.7. The largest absolute Gasteiger partial charge is 0.343 e. The highest BCUT2D eigenvalue weighted by atomic mass is 35.5. The molecule has 3 rings (SSSR count). The molecule has 1 aromatic heterocycles. The molecule has 5 heteroatoms. The zero-order valence-electron chi connectivity index (χ0n) is 12.5. The maximum Gasteiger partial charge on any atom is 0.222 e. The van der Waals surface area contributed by atoms with Gasteiger partial charge in [-0.3, -0.25) is 4.79 Å². The number of carbonyl (C=O) groups is 1. The normalized spacial score (nSPS) is 15.0. The Hall–Kier alpha value is -1.65. The summed E-state index contributed by atoms with van der Waals surface area (Å²) in [6.45, 7) is 3.33. The zero-order valence-corrected chi connectivity index (χ0v) is 13.3. The van der Waals surface area contributed by atoms with Gasteiger partial charge in [0.2, 0.25) is 5.91 Å². The number of hydrogen-bond acceptors (Lipinski definition) is 3. The Morgan fingerprint density at radius 1 is 1.32 bits per heavy atom. The van der Waals surface area contributed by atoms with Gasteiger partial charge in [-0.2, -0.15) is 0 Å². The molecule has 0 radical (unpaired) electrons. The van der Waals surface area contributed by atoms with Gasteiger partial charge >= 0.3 is 0 Å². The second-order valence-corrected chi connectivity index (χ2v) is 6.00. The molecule has 0 aliphatic carbocycles. The Morgan fingerprint density at radius 2 is 2.18 bits per heavy atom. The number of hydrogen-bond donors (Lipinski definition) is 1. The van der Waals surface area contributed by atoms with Crippen molar-refractivity contribution in [2.45, 2.75) is 25.8 Å². The lowest BCUT2D eigenvalue weighted by Crippen LogP contribution is -2.28. The van der Waals surface area contributed by atoms with E-state index in [9.17, 15) is 4.79 Å². The molecule has 0 bridgehead atoms. The molecule has 0 atom stereocenters. The van der Waals surface area contributed by atoms with Crippen LogP contribution in [0.2, 0.25) is 5.15 Å². The molecule has 22 heavy (non-hydrogen) atoms. The molecule has 1 saturated heterocycles. The number of carbonyl (C=O) groups excluding carboxylic acids is 1. The third kappa shape index (κ3) is 3.57. The van der Waals surface area contributed by atoms with Gasteiger partial charge < -0.3 is 10.2 Å². The van der Waals surface area contributed by atoms with E-state index < -0.39 is 0 Å². The molecule has 0 saturated carbocycles. The Morgan fingerprint density at radius 3 is 3.00 bits per heavy atom. The van der Waals surface area contributed by atoms with Crippen molar-refractivity contribution in [3.63, 3.8) is 0 Å². The van der Waals surface area contributed by atoms with E-state index in [1.165, 1.54) is 0 Å². The quantitative estimate of drug-likeness (QED) is 0.658. The molecule has 1 N–H and O–H groups in total. The average molecular weight is 318 g/mol. The van der Waals surface area contributed by atoms with Crippen LogP contribution in [0.1, 0.15) is 24.8 Å². The van der Waals surface area contributed by atoms with Crippen LogP contribution in [-0.4, -0.2) is 35.4 Å². The summed E-state index contributed by atoms with van der Waals surface area (Å²) in [6.07, 6.45) is 2.68. The second kappa shape index (κ2) is 7.07. The monoisotopic (exact) mass is 317 g/mol. The lowest BCUT2D eigenvalue weighted by Gasteiger charge is -2.15. The van der Waals surface area contributed by atoms with Crippen LogP contribution in [0.15, 0.2) is 30.3 Å². The molecule has 1 aliphatic rings. The molecule has 1 fully saturated rings. The molecule has 0 spiro atoms. The number of nitrogens with one attached hydrogen (secondary N) is 1. The van der Waals surface area contributed by atoms with Crippen molar-refractivity contribution in [1.29, 1.82) is 0 Å². The number of aromatic nitrogens is 1. The number of nitrogens with zero attached hydrogens (tertiary/aromatic N) is 2. The standard InChI is InChI=1S/C17H20ClN3O/c18-17-14(11-13-5-1-2-6-15(13)20-17)12-19-8-4-10-21-9-3-7-16(21)22/h1-2,5-6,11,19H,3-4,7-10,12H2. The van der Waals surface area contributed by atoms with Crippen molar-refractivity contribution in [2.24, 2.45) is 0 Å². The van der Waals surface area contributed by atoms with E-state index in [1.807, 2.05) is 29.2 Å². The SMILES string of the molecule is O=C1CCCN1CCCNCc1cc2ccccc2nc1Cl. The van der Waals surface area contributed by atoms with E-state index in [-0.39, 0.29) is 0 Å². The number of rotatable bonds is 6. The smallest absolute Gasteiger partial charge is 0.222 e. The number of halogens is 1. The first kappa shape index (κ1) is 15.3. The molecule has 2 heterocycles. The van der Waals surface area contributed by atoms with Crippen molar-refractivity contribution in [3.05, 3.63) is 41.0 Å². The maximum atomic E-state index is 11.5. The minimum absolute atomic E-state index is 0.293. The highest BCUT2D eigenvalue weighted by Crippen LogP contribution is 2.20. The number of benzene rings is 1. The molecular weight excluding hydrogens is 298 g/mol. The molecule has 4 nitrogen and oxygen atoms in total. The summed E-state index contributed by atoms with van der Waals surface area (Å²) in [5, 5.41) is 5.04. The van der Waals surface area contributed by atoms with Gasteiger partial charge in [0.05, 0.1) is 5.52 Å². The minimum atomic E-state index is 0.293. The third-order valence-electron chi connectivity index (χ3n) is 4.02. The highest BCUT2D eigenvalue weighted by molar-refractivity contribution is 6.30. The minimum Gasteiger partial charge on any atom is -0.343 e. The Bertz CT molecular complexity index is 674. The van der Waals surface area contributed by atoms with Gasteiger partial charge in [0.1, 0.15) is 5.15 Å². The number of pyridine rings is 1. The molecule has 1 amide bonds. The first-order valence-corrected chi connectivity index (χ1v) is 8.14. The molecule has 2 aromatic rings. The van der Waals surface area contributed by atoms with Crippen LogP contribution in [0.4, 0.5) is 0 Å². The van der Waals surface area contributed by atoms with E-state index >= 15 is 0 Å². The maximum absolute atomic E-state index is 11.5. The lowest BCUT2D eigenvalue weighted by atomic mass is 10.1. The summed E-state index contributed by atoms with van der Waals surface area (Å²) in [6, 6.07) is 10.1. The van der Waals surface area contributed by atoms with Crippen molar-refractivity contribution >= 4 is 28.4 Å². The van der Waals surface area contributed by atoms with Crippen LogP contribution < -0.4 is 5.32 Å². The fourth-order valence-electron chi connectivity index (χ4n) is 2.82. The van der Waals surface area contributed by atoms with Crippen LogP contribution in [0, 0.1) is 0 Å². The van der Waals surface area contributed by atoms with Crippen molar-refractivity contribution in [2.75, 3.05) is 19.6 Å². The van der Waals surface area contributed by atoms with E-state index in [4.69, 9.17) is 11.6 Å². The van der Waals surface area contributed by atoms with Gasteiger partial charge in [0.15, 0.2) is 0 Å². The lowest BCUT2D eigenvalue weighted by molar-refractivity contribution is -0.127. The van der Waals surface area contributed by atoms with Gasteiger partial charge in [-0.15, -0.1) is 0 Å². The van der Waals surface area contributed by atoms with Gasteiger partial charge in [-0.05, 0) is 31.5 Å². The van der Waals surface area contributed by atoms with Crippen LogP contribution in [0.25, 0.3) is 10.9 Å². The number of fused-ring (bicyclic) bond motifs is 1. The van der Waals surface area contributed by atoms with E-state index in [2.05, 4.69) is 16.4 Å². The van der Waals surface area contributed by atoms with Crippen molar-refractivity contribution in [3.8, 4) is 0 Å². The van der Waals surface area contributed by atoms with Gasteiger partial charge in [-0.1, -0.05) is 29.8 Å². The predicted octanol–water partition coefficient (Wildman–Crippen LogP) is 2.99. The Balaban J connectivity index is 1.49. The predicted molar refractivity (Wildman–Crippen MR) is 88.9 cm³/mol. The zero-order chi connectivity index (χ0) is 15.4. The summed E-state index contributed by atoms with van der Waals surface area (Å²) in [7, 11) is 0. The third-order valence-corrected chi connectivity index (χ3v) is 4.35. The molecule has 1 aromatic carbocycles. The summed E-state index contributed by atoms with van der Waals surface area (Å²) in [4.78, 5) is 17.9. The topological polar surface area (TPSA) is 45.2 Å².